The number of para-hydroxylation sites is 1. The number of aryl methyl sites for hydroxylation is 1. The van der Waals surface area contributed by atoms with Crippen LogP contribution in [-0.4, -0.2) is 35.6 Å². The van der Waals surface area contributed by atoms with Gasteiger partial charge >= 0.3 is 0 Å². The second-order valence-corrected chi connectivity index (χ2v) is 10.5. The minimum atomic E-state index is -3.76. The van der Waals surface area contributed by atoms with E-state index in [1.54, 1.807) is 24.3 Å². The second-order valence-electron chi connectivity index (χ2n) is 7.84. The van der Waals surface area contributed by atoms with Gasteiger partial charge in [-0.3, -0.25) is 4.57 Å². The fourth-order valence-corrected chi connectivity index (χ4v) is 4.95. The zero-order chi connectivity index (χ0) is 24.4. The molecule has 0 saturated carbocycles. The fourth-order valence-electron chi connectivity index (χ4n) is 3.43. The summed E-state index contributed by atoms with van der Waals surface area (Å²) in [6, 6.07) is 20.9. The van der Waals surface area contributed by atoms with Crippen LogP contribution in [0.15, 0.2) is 59.6 Å². The van der Waals surface area contributed by atoms with Crippen molar-refractivity contribution in [3.63, 3.8) is 0 Å². The predicted molar refractivity (Wildman–Crippen MR) is 142 cm³/mol. The zero-order valence-corrected chi connectivity index (χ0v) is 21.6. The van der Waals surface area contributed by atoms with Gasteiger partial charge in [-0.1, -0.05) is 47.7 Å². The molecular weight excluding hydrogens is 487 g/mol. The summed E-state index contributed by atoms with van der Waals surface area (Å²) in [7, 11) is -3.76. The lowest BCUT2D eigenvalue weighted by Gasteiger charge is -2.18. The van der Waals surface area contributed by atoms with Crippen molar-refractivity contribution in [2.45, 2.75) is 43.9 Å². The Morgan fingerprint density at radius 3 is 2.32 bits per heavy atom. The first kappa shape index (κ1) is 26.0. The molecule has 0 fully saturated rings. The highest BCUT2D eigenvalue weighted by molar-refractivity contribution is 7.89. The van der Waals surface area contributed by atoms with Crippen LogP contribution in [0.25, 0.3) is 10.9 Å². The number of rotatable bonds is 9. The van der Waals surface area contributed by atoms with Crippen molar-refractivity contribution < 1.29 is 8.42 Å². The maximum absolute atomic E-state index is 13.4. The molecule has 0 amide bonds. The first-order chi connectivity index (χ1) is 16.5. The number of alkyl halides is 2. The van der Waals surface area contributed by atoms with Crippen LogP contribution in [0.1, 0.15) is 36.8 Å². The highest BCUT2D eigenvalue weighted by Gasteiger charge is 2.22. The molecule has 7 heteroatoms. The number of halogens is 2. The van der Waals surface area contributed by atoms with E-state index in [1.807, 2.05) is 42.0 Å². The molecule has 3 aromatic rings. The number of fused-ring (bicyclic) bond motifs is 1. The second kappa shape index (κ2) is 12.8. The van der Waals surface area contributed by atoms with E-state index >= 15 is 0 Å². The van der Waals surface area contributed by atoms with E-state index in [0.717, 1.165) is 34.9 Å². The number of hydrogen-bond acceptors (Lipinski definition) is 2. The van der Waals surface area contributed by atoms with E-state index in [0.29, 0.717) is 31.0 Å². The third-order valence-corrected chi connectivity index (χ3v) is 7.52. The highest BCUT2D eigenvalue weighted by atomic mass is 35.5. The minimum Gasteiger partial charge on any atom is -0.276 e. The van der Waals surface area contributed by atoms with Gasteiger partial charge in [-0.05, 0) is 49.9 Å². The molecule has 2 aromatic carbocycles. The molecule has 0 spiro atoms. The Morgan fingerprint density at radius 1 is 0.941 bits per heavy atom. The van der Waals surface area contributed by atoms with Crippen molar-refractivity contribution >= 4 is 44.1 Å². The number of hydrogen-bond donors (Lipinski definition) is 0. The number of sulfonamides is 1. The Kier molecular flexibility index (Phi) is 9.78. The van der Waals surface area contributed by atoms with Crippen LogP contribution in [0.4, 0.5) is 0 Å². The molecular formula is C27H28Cl2N2O2S. The predicted octanol–water partition coefficient (Wildman–Crippen LogP) is 5.99. The van der Waals surface area contributed by atoms with E-state index in [9.17, 15) is 8.42 Å². The maximum Gasteiger partial charge on any atom is 0.270 e. The van der Waals surface area contributed by atoms with Gasteiger partial charge in [0, 0.05) is 54.8 Å². The molecule has 0 radical (unpaired) electrons. The van der Waals surface area contributed by atoms with Crippen LogP contribution >= 0.6 is 23.2 Å². The third-order valence-electron chi connectivity index (χ3n) is 5.26. The van der Waals surface area contributed by atoms with Gasteiger partial charge in [-0.2, -0.15) is 0 Å². The molecule has 1 aromatic heterocycles. The SMILES string of the molecule is Cc1ccc(S(=O)(=O)N(C#CCCCCl)CCc2cn(C#CCCCCl)c3ccccc23)cc1. The molecule has 0 aliphatic heterocycles. The number of unbranched alkanes of at least 4 members (excludes halogenated alkanes) is 2. The molecule has 0 atom stereocenters. The van der Waals surface area contributed by atoms with Crippen molar-refractivity contribution in [1.82, 2.24) is 8.87 Å². The van der Waals surface area contributed by atoms with Crippen LogP contribution in [0.5, 0.6) is 0 Å². The minimum absolute atomic E-state index is 0.234. The molecule has 178 valence electrons. The van der Waals surface area contributed by atoms with Crippen LogP contribution in [0.3, 0.4) is 0 Å². The van der Waals surface area contributed by atoms with E-state index in [2.05, 4.69) is 23.9 Å². The summed E-state index contributed by atoms with van der Waals surface area (Å²) in [5.74, 6) is 7.20. The lowest BCUT2D eigenvalue weighted by Crippen LogP contribution is -2.28. The average molecular weight is 516 g/mol. The number of nitrogens with zero attached hydrogens (tertiary/aromatic N) is 2. The molecule has 0 N–H and O–H groups in total. The van der Waals surface area contributed by atoms with Crippen LogP contribution < -0.4 is 0 Å². The average Bonchev–Trinajstić information content (AvgIpc) is 3.19. The topological polar surface area (TPSA) is 42.3 Å². The standard InChI is InChI=1S/C27H28Cl2N2O2S/c1-23-12-14-25(15-13-23)34(32,33)31(20-9-3-7-18-29)21-16-24-22-30(19-8-2-6-17-28)27-11-5-4-10-26(24)27/h4-5,10-15,22H,2-3,6-7,16-18,21H2,1H3. The summed E-state index contributed by atoms with van der Waals surface area (Å²) in [6.07, 6.45) is 5.31. The van der Waals surface area contributed by atoms with Gasteiger partial charge in [-0.15, -0.1) is 23.2 Å². The van der Waals surface area contributed by atoms with Gasteiger partial charge < -0.3 is 0 Å². The summed E-state index contributed by atoms with van der Waals surface area (Å²) >= 11 is 11.5. The monoisotopic (exact) mass is 514 g/mol. The Hall–Kier alpha value is -2.57. The van der Waals surface area contributed by atoms with Gasteiger partial charge in [0.05, 0.1) is 10.4 Å². The van der Waals surface area contributed by atoms with Crippen LogP contribution in [0.2, 0.25) is 0 Å². The molecule has 0 aliphatic carbocycles. The molecule has 0 saturated heterocycles. The van der Waals surface area contributed by atoms with Gasteiger partial charge in [0.25, 0.3) is 10.0 Å². The molecule has 1 heterocycles. The highest BCUT2D eigenvalue weighted by Crippen LogP contribution is 2.23. The van der Waals surface area contributed by atoms with E-state index in [4.69, 9.17) is 23.2 Å². The van der Waals surface area contributed by atoms with E-state index in [-0.39, 0.29) is 11.4 Å². The third kappa shape index (κ3) is 6.73. The van der Waals surface area contributed by atoms with Gasteiger partial charge in [0.15, 0.2) is 0 Å². The van der Waals surface area contributed by atoms with Gasteiger partial charge in [-0.25, -0.2) is 12.7 Å². The lowest BCUT2D eigenvalue weighted by molar-refractivity contribution is 0.512. The Bertz CT molecular complexity index is 1320. The van der Waals surface area contributed by atoms with Gasteiger partial charge in [0.2, 0.25) is 0 Å². The summed E-state index contributed by atoms with van der Waals surface area (Å²) < 4.78 is 29.9. The quantitative estimate of drug-likeness (QED) is 0.152. The molecule has 0 aliphatic rings. The van der Waals surface area contributed by atoms with E-state index < -0.39 is 10.0 Å². The fraction of sp³-hybridized carbons (Fsp3) is 0.333. The first-order valence-electron chi connectivity index (χ1n) is 11.2. The zero-order valence-electron chi connectivity index (χ0n) is 19.2. The molecule has 4 nitrogen and oxygen atoms in total. The summed E-state index contributed by atoms with van der Waals surface area (Å²) in [5.41, 5.74) is 3.02. The summed E-state index contributed by atoms with van der Waals surface area (Å²) in [6.45, 7) is 2.16. The normalized spacial score (nSPS) is 10.9. The Labute approximate surface area is 212 Å². The van der Waals surface area contributed by atoms with E-state index in [1.165, 1.54) is 4.31 Å². The van der Waals surface area contributed by atoms with Crippen molar-refractivity contribution in [2.75, 3.05) is 18.3 Å². The maximum atomic E-state index is 13.4. The van der Waals surface area contributed by atoms with Crippen molar-refractivity contribution in [1.29, 1.82) is 0 Å². The summed E-state index contributed by atoms with van der Waals surface area (Å²) in [4.78, 5) is 0.234. The largest absolute Gasteiger partial charge is 0.276 e. The first-order valence-corrected chi connectivity index (χ1v) is 13.8. The molecule has 0 bridgehead atoms. The Balaban J connectivity index is 1.89. The smallest absolute Gasteiger partial charge is 0.270 e. The number of aromatic nitrogens is 1. The van der Waals surface area contributed by atoms with Crippen LogP contribution in [-0.2, 0) is 16.4 Å². The van der Waals surface area contributed by atoms with Crippen molar-refractivity contribution in [3.8, 4) is 23.9 Å². The number of benzene rings is 2. The van der Waals surface area contributed by atoms with Crippen molar-refractivity contribution in [3.05, 3.63) is 65.9 Å². The summed E-state index contributed by atoms with van der Waals surface area (Å²) in [5, 5.41) is 1.05. The van der Waals surface area contributed by atoms with Crippen LogP contribution in [0, 0.1) is 30.9 Å². The molecule has 34 heavy (non-hydrogen) atoms. The lowest BCUT2D eigenvalue weighted by atomic mass is 10.1. The molecule has 0 unspecified atom stereocenters. The van der Waals surface area contributed by atoms with Crippen molar-refractivity contribution in [2.24, 2.45) is 0 Å². The Morgan fingerprint density at radius 2 is 1.62 bits per heavy atom. The molecule has 3 rings (SSSR count). The van der Waals surface area contributed by atoms with Gasteiger partial charge in [0.1, 0.15) is 0 Å².